The van der Waals surface area contributed by atoms with Crippen LogP contribution in [0.15, 0.2) is 24.3 Å². The normalized spacial score (nSPS) is 17.0. The number of anilines is 1. The van der Waals surface area contributed by atoms with E-state index < -0.39 is 4.92 Å². The number of hydrogen-bond acceptors (Lipinski definition) is 5. The minimum atomic E-state index is -0.416. The quantitative estimate of drug-likeness (QED) is 0.610. The van der Waals surface area contributed by atoms with Crippen LogP contribution in [0, 0.1) is 10.1 Å². The minimum Gasteiger partial charge on any atom is -0.360 e. The van der Waals surface area contributed by atoms with Crippen molar-refractivity contribution in [3.8, 4) is 0 Å². The molecule has 0 radical (unpaired) electrons. The third kappa shape index (κ3) is 4.19. The maximum Gasteiger partial charge on any atom is 0.292 e. The molecule has 1 atom stereocenters. The number of hydrogen-bond donors (Lipinski definition) is 1. The smallest absolute Gasteiger partial charge is 0.292 e. The number of nitrogens with zero attached hydrogens (tertiary/aromatic N) is 3. The van der Waals surface area contributed by atoms with Crippen molar-refractivity contribution >= 4 is 17.3 Å². The second-order valence-corrected chi connectivity index (χ2v) is 5.84. The van der Waals surface area contributed by atoms with Crippen molar-refractivity contribution in [2.24, 2.45) is 0 Å². The summed E-state index contributed by atoms with van der Waals surface area (Å²) in [5.41, 5.74) is 0.485. The van der Waals surface area contributed by atoms with E-state index in [0.717, 1.165) is 32.5 Å². The van der Waals surface area contributed by atoms with E-state index in [1.165, 1.54) is 6.07 Å². The zero-order valence-corrected chi connectivity index (χ0v) is 13.7. The van der Waals surface area contributed by atoms with Gasteiger partial charge in [0.15, 0.2) is 0 Å². The number of nitro groups is 1. The van der Waals surface area contributed by atoms with Crippen LogP contribution in [0.5, 0.6) is 0 Å². The topological polar surface area (TPSA) is 78.7 Å². The van der Waals surface area contributed by atoms with Crippen LogP contribution in [-0.4, -0.2) is 55.0 Å². The summed E-state index contributed by atoms with van der Waals surface area (Å²) in [6.45, 7) is 4.66. The Morgan fingerprint density at radius 1 is 1.43 bits per heavy atom. The van der Waals surface area contributed by atoms with Crippen molar-refractivity contribution in [1.82, 2.24) is 10.2 Å². The van der Waals surface area contributed by atoms with E-state index >= 15 is 0 Å². The van der Waals surface area contributed by atoms with Crippen molar-refractivity contribution < 1.29 is 9.72 Å². The van der Waals surface area contributed by atoms with E-state index in [1.807, 2.05) is 4.90 Å². The van der Waals surface area contributed by atoms with Gasteiger partial charge in [-0.15, -0.1) is 0 Å². The first-order valence-corrected chi connectivity index (χ1v) is 7.99. The summed E-state index contributed by atoms with van der Waals surface area (Å²) in [5, 5.41) is 14.4. The first-order valence-electron chi connectivity index (χ1n) is 7.99. The summed E-state index contributed by atoms with van der Waals surface area (Å²) >= 11 is 0. The predicted octanol–water partition coefficient (Wildman–Crippen LogP) is 1.63. The zero-order chi connectivity index (χ0) is 16.8. The predicted molar refractivity (Wildman–Crippen MR) is 89.6 cm³/mol. The minimum absolute atomic E-state index is 0.0150. The molecule has 1 aromatic rings. The first kappa shape index (κ1) is 17.2. The first-order chi connectivity index (χ1) is 11.0. The Morgan fingerprint density at radius 3 is 2.78 bits per heavy atom. The third-order valence-electron chi connectivity index (χ3n) is 4.12. The molecular formula is C16H24N4O3. The molecule has 1 saturated heterocycles. The van der Waals surface area contributed by atoms with Gasteiger partial charge in [0.25, 0.3) is 5.69 Å². The van der Waals surface area contributed by atoms with Gasteiger partial charge in [-0.2, -0.15) is 0 Å². The molecule has 7 heteroatoms. The van der Waals surface area contributed by atoms with Crippen LogP contribution in [0.4, 0.5) is 11.4 Å². The summed E-state index contributed by atoms with van der Waals surface area (Å²) in [5.74, 6) is 0.0150. The van der Waals surface area contributed by atoms with E-state index in [0.29, 0.717) is 5.69 Å². The van der Waals surface area contributed by atoms with Gasteiger partial charge < -0.3 is 15.1 Å². The number of likely N-dealkylation sites (N-methyl/N-ethyl adjacent to an activating group) is 1. The fourth-order valence-electron chi connectivity index (χ4n) is 2.98. The van der Waals surface area contributed by atoms with Gasteiger partial charge in [-0.05, 0) is 25.5 Å². The van der Waals surface area contributed by atoms with Gasteiger partial charge in [-0.25, -0.2) is 0 Å². The summed E-state index contributed by atoms with van der Waals surface area (Å²) in [7, 11) is 1.72. The van der Waals surface area contributed by atoms with Crippen LogP contribution in [-0.2, 0) is 4.79 Å². The Morgan fingerprint density at radius 2 is 2.17 bits per heavy atom. The lowest BCUT2D eigenvalue weighted by molar-refractivity contribution is -0.384. The average Bonchev–Trinajstić information content (AvgIpc) is 3.06. The summed E-state index contributed by atoms with van der Waals surface area (Å²) in [4.78, 5) is 27.0. The SMILES string of the molecule is CCCN(C(=O)CN(C)c1ccccc1[N+](=O)[O-])C1CCNC1. The van der Waals surface area contributed by atoms with E-state index in [-0.39, 0.29) is 24.2 Å². The summed E-state index contributed by atoms with van der Waals surface area (Å²) in [6.07, 6.45) is 1.86. The van der Waals surface area contributed by atoms with Crippen LogP contribution in [0.25, 0.3) is 0 Å². The summed E-state index contributed by atoms with van der Waals surface area (Å²) in [6, 6.07) is 6.73. The average molecular weight is 320 g/mol. The number of benzene rings is 1. The lowest BCUT2D eigenvalue weighted by atomic mass is 10.2. The Kier molecular flexibility index (Phi) is 5.92. The summed E-state index contributed by atoms with van der Waals surface area (Å²) < 4.78 is 0. The molecular weight excluding hydrogens is 296 g/mol. The van der Waals surface area contributed by atoms with Crippen molar-refractivity contribution in [3.05, 3.63) is 34.4 Å². The molecule has 0 aromatic heterocycles. The van der Waals surface area contributed by atoms with Gasteiger partial charge in [0.2, 0.25) is 5.91 Å². The molecule has 1 aliphatic rings. The number of carbonyl (C=O) groups is 1. The molecule has 1 N–H and O–H groups in total. The van der Waals surface area contributed by atoms with Gasteiger partial charge in [-0.3, -0.25) is 14.9 Å². The molecule has 0 bridgehead atoms. The molecule has 126 valence electrons. The molecule has 0 saturated carbocycles. The molecule has 1 aromatic carbocycles. The monoisotopic (exact) mass is 320 g/mol. The highest BCUT2D eigenvalue weighted by atomic mass is 16.6. The molecule has 0 spiro atoms. The molecule has 23 heavy (non-hydrogen) atoms. The van der Waals surface area contributed by atoms with Gasteiger partial charge in [-0.1, -0.05) is 19.1 Å². The van der Waals surface area contributed by atoms with Crippen molar-refractivity contribution in [3.63, 3.8) is 0 Å². The standard InChI is InChI=1S/C16H24N4O3/c1-3-10-19(13-8-9-17-11-13)16(21)12-18(2)14-6-4-5-7-15(14)20(22)23/h4-7,13,17H,3,8-12H2,1-2H3. The van der Waals surface area contributed by atoms with Gasteiger partial charge in [0.05, 0.1) is 11.5 Å². The van der Waals surface area contributed by atoms with Gasteiger partial charge in [0.1, 0.15) is 5.69 Å². The third-order valence-corrected chi connectivity index (χ3v) is 4.12. The fourth-order valence-corrected chi connectivity index (χ4v) is 2.98. The van der Waals surface area contributed by atoms with Gasteiger partial charge >= 0.3 is 0 Å². The molecule has 1 amide bonds. The molecule has 1 unspecified atom stereocenters. The number of carbonyl (C=O) groups excluding carboxylic acids is 1. The highest BCUT2D eigenvalue weighted by molar-refractivity contribution is 5.82. The zero-order valence-electron chi connectivity index (χ0n) is 13.7. The van der Waals surface area contributed by atoms with Crippen LogP contribution < -0.4 is 10.2 Å². The maximum absolute atomic E-state index is 12.7. The van der Waals surface area contributed by atoms with Crippen LogP contribution in [0.3, 0.4) is 0 Å². The molecule has 0 aliphatic carbocycles. The lowest BCUT2D eigenvalue weighted by Gasteiger charge is -2.30. The van der Waals surface area contributed by atoms with Gasteiger partial charge in [0, 0.05) is 32.2 Å². The van der Waals surface area contributed by atoms with Crippen molar-refractivity contribution in [1.29, 1.82) is 0 Å². The lowest BCUT2D eigenvalue weighted by Crippen LogP contribution is -2.46. The molecule has 2 rings (SSSR count). The second kappa shape index (κ2) is 7.92. The Bertz CT molecular complexity index is 558. The highest BCUT2D eigenvalue weighted by Crippen LogP contribution is 2.26. The largest absolute Gasteiger partial charge is 0.360 e. The molecule has 1 heterocycles. The number of nitro benzene ring substituents is 1. The van der Waals surface area contributed by atoms with Crippen LogP contribution >= 0.6 is 0 Å². The van der Waals surface area contributed by atoms with Crippen molar-refractivity contribution in [2.45, 2.75) is 25.8 Å². The van der Waals surface area contributed by atoms with Crippen molar-refractivity contribution in [2.75, 3.05) is 38.1 Å². The molecule has 1 fully saturated rings. The number of amides is 1. The van der Waals surface area contributed by atoms with E-state index in [2.05, 4.69) is 12.2 Å². The fraction of sp³-hybridized carbons (Fsp3) is 0.562. The van der Waals surface area contributed by atoms with Crippen LogP contribution in [0.1, 0.15) is 19.8 Å². The maximum atomic E-state index is 12.7. The number of rotatable bonds is 7. The second-order valence-electron chi connectivity index (χ2n) is 5.84. The van der Waals surface area contributed by atoms with E-state index in [9.17, 15) is 14.9 Å². The number of para-hydroxylation sites is 2. The Hall–Kier alpha value is -2.15. The van der Waals surface area contributed by atoms with E-state index in [4.69, 9.17) is 0 Å². The molecule has 1 aliphatic heterocycles. The highest BCUT2D eigenvalue weighted by Gasteiger charge is 2.27. The number of nitrogens with one attached hydrogen (secondary N) is 1. The Balaban J connectivity index is 2.10. The van der Waals surface area contributed by atoms with Crippen LogP contribution in [0.2, 0.25) is 0 Å². The molecule has 7 nitrogen and oxygen atoms in total. The van der Waals surface area contributed by atoms with E-state index in [1.54, 1.807) is 30.1 Å². The Labute approximate surface area is 136 Å².